The highest BCUT2D eigenvalue weighted by Crippen LogP contribution is 2.27. The van der Waals surface area contributed by atoms with E-state index in [9.17, 15) is 5.11 Å². The number of rotatable bonds is 5. The van der Waals surface area contributed by atoms with E-state index in [0.29, 0.717) is 0 Å². The van der Waals surface area contributed by atoms with Crippen LogP contribution in [-0.4, -0.2) is 24.0 Å². The molecule has 128 valence electrons. The summed E-state index contributed by atoms with van der Waals surface area (Å²) in [5, 5.41) is 14.6. The molecule has 0 saturated heterocycles. The zero-order chi connectivity index (χ0) is 17.8. The van der Waals surface area contributed by atoms with Gasteiger partial charge in [-0.25, -0.2) is 0 Å². The normalized spacial score (nSPS) is 12.8. The standard InChI is InChI=1S/C24H21NO/c26-17-21(14-18-8-2-1-3-9-18)25-16-24-22-12-6-4-10-19(22)15-20-11-5-7-13-23(20)24/h1-13,15-16,21,26H,14,17H2/t21-/m0/s1. The van der Waals surface area contributed by atoms with Crippen molar-refractivity contribution in [2.75, 3.05) is 6.61 Å². The van der Waals surface area contributed by atoms with Crippen molar-refractivity contribution in [3.63, 3.8) is 0 Å². The largest absolute Gasteiger partial charge is 0.394 e. The minimum Gasteiger partial charge on any atom is -0.394 e. The third-order valence-corrected chi connectivity index (χ3v) is 4.75. The van der Waals surface area contributed by atoms with E-state index in [1.165, 1.54) is 27.1 Å². The molecule has 0 aliphatic heterocycles. The van der Waals surface area contributed by atoms with Crippen LogP contribution in [0.2, 0.25) is 0 Å². The van der Waals surface area contributed by atoms with Crippen molar-refractivity contribution >= 4 is 27.8 Å². The molecule has 0 radical (unpaired) electrons. The van der Waals surface area contributed by atoms with Crippen LogP contribution >= 0.6 is 0 Å². The van der Waals surface area contributed by atoms with Gasteiger partial charge in [0.1, 0.15) is 0 Å². The maximum absolute atomic E-state index is 9.78. The predicted octanol–water partition coefficient (Wildman–Crippen LogP) is 5.02. The van der Waals surface area contributed by atoms with Gasteiger partial charge in [0.05, 0.1) is 12.6 Å². The van der Waals surface area contributed by atoms with Crippen LogP contribution in [0.4, 0.5) is 0 Å². The number of nitrogens with zero attached hydrogens (tertiary/aromatic N) is 1. The molecule has 2 nitrogen and oxygen atoms in total. The second kappa shape index (κ2) is 7.51. The molecule has 0 amide bonds. The fourth-order valence-corrected chi connectivity index (χ4v) is 3.42. The molecule has 26 heavy (non-hydrogen) atoms. The van der Waals surface area contributed by atoms with Crippen LogP contribution in [0.25, 0.3) is 21.5 Å². The SMILES string of the molecule is OC[C@H](Cc1ccccc1)N=Cc1c2ccccc2cc2ccccc12. The summed E-state index contributed by atoms with van der Waals surface area (Å²) >= 11 is 0. The highest BCUT2D eigenvalue weighted by molar-refractivity contribution is 6.13. The van der Waals surface area contributed by atoms with Crippen molar-refractivity contribution in [3.05, 3.63) is 96.1 Å². The van der Waals surface area contributed by atoms with Gasteiger partial charge in [-0.3, -0.25) is 4.99 Å². The summed E-state index contributed by atoms with van der Waals surface area (Å²) in [6.45, 7) is 0.0358. The molecule has 0 aliphatic rings. The maximum Gasteiger partial charge on any atom is 0.0770 e. The lowest BCUT2D eigenvalue weighted by Crippen LogP contribution is -2.14. The molecule has 0 saturated carbocycles. The Balaban J connectivity index is 1.75. The van der Waals surface area contributed by atoms with Crippen LogP contribution in [0.5, 0.6) is 0 Å². The van der Waals surface area contributed by atoms with E-state index < -0.39 is 0 Å². The first kappa shape index (κ1) is 16.5. The van der Waals surface area contributed by atoms with Crippen molar-refractivity contribution in [3.8, 4) is 0 Å². The van der Waals surface area contributed by atoms with Gasteiger partial charge in [0.15, 0.2) is 0 Å². The Labute approximate surface area is 153 Å². The number of aliphatic imine (C=N–C) groups is 1. The molecule has 4 rings (SSSR count). The molecule has 0 aromatic heterocycles. The molecule has 0 fully saturated rings. The first-order chi connectivity index (χ1) is 12.8. The minimum atomic E-state index is -0.143. The Hall–Kier alpha value is -2.97. The van der Waals surface area contributed by atoms with Crippen molar-refractivity contribution in [2.24, 2.45) is 4.99 Å². The second-order valence-electron chi connectivity index (χ2n) is 6.54. The number of aliphatic hydroxyl groups excluding tert-OH is 1. The fourth-order valence-electron chi connectivity index (χ4n) is 3.42. The molecular weight excluding hydrogens is 318 g/mol. The van der Waals surface area contributed by atoms with Crippen LogP contribution in [0.3, 0.4) is 0 Å². The van der Waals surface area contributed by atoms with Gasteiger partial charge < -0.3 is 5.11 Å². The molecular formula is C24H21NO. The maximum atomic E-state index is 9.78. The molecule has 0 heterocycles. The van der Waals surface area contributed by atoms with Gasteiger partial charge in [0.25, 0.3) is 0 Å². The highest BCUT2D eigenvalue weighted by Gasteiger charge is 2.08. The van der Waals surface area contributed by atoms with E-state index in [1.807, 2.05) is 24.4 Å². The Morgan fingerprint density at radius 1 is 0.769 bits per heavy atom. The lowest BCUT2D eigenvalue weighted by atomic mass is 9.97. The van der Waals surface area contributed by atoms with Crippen molar-refractivity contribution in [1.29, 1.82) is 0 Å². The fraction of sp³-hybridized carbons (Fsp3) is 0.125. The first-order valence-corrected chi connectivity index (χ1v) is 8.93. The zero-order valence-corrected chi connectivity index (χ0v) is 14.5. The molecule has 2 heteroatoms. The van der Waals surface area contributed by atoms with Gasteiger partial charge in [-0.05, 0) is 39.6 Å². The molecule has 1 atom stereocenters. The van der Waals surface area contributed by atoms with Crippen molar-refractivity contribution in [2.45, 2.75) is 12.5 Å². The quantitative estimate of drug-likeness (QED) is 0.402. The molecule has 0 unspecified atom stereocenters. The smallest absolute Gasteiger partial charge is 0.0770 e. The summed E-state index contributed by atoms with van der Waals surface area (Å²) in [4.78, 5) is 4.73. The van der Waals surface area contributed by atoms with Crippen LogP contribution in [0.1, 0.15) is 11.1 Å². The average molecular weight is 339 g/mol. The lowest BCUT2D eigenvalue weighted by Gasteiger charge is -2.11. The van der Waals surface area contributed by atoms with Crippen LogP contribution in [-0.2, 0) is 6.42 Å². The second-order valence-corrected chi connectivity index (χ2v) is 6.54. The monoisotopic (exact) mass is 339 g/mol. The van der Waals surface area contributed by atoms with Crippen LogP contribution in [0.15, 0.2) is 89.9 Å². The summed E-state index contributed by atoms with van der Waals surface area (Å²) in [6.07, 6.45) is 2.67. The predicted molar refractivity (Wildman–Crippen MR) is 110 cm³/mol. The summed E-state index contributed by atoms with van der Waals surface area (Å²) in [5.74, 6) is 0. The number of benzene rings is 4. The molecule has 4 aromatic rings. The van der Waals surface area contributed by atoms with E-state index in [4.69, 9.17) is 4.99 Å². The molecule has 1 N–H and O–H groups in total. The molecule has 4 aromatic carbocycles. The Bertz CT molecular complexity index is 999. The summed E-state index contributed by atoms with van der Waals surface area (Å²) < 4.78 is 0. The molecule has 0 aliphatic carbocycles. The number of fused-ring (bicyclic) bond motifs is 2. The topological polar surface area (TPSA) is 32.6 Å². The lowest BCUT2D eigenvalue weighted by molar-refractivity contribution is 0.266. The Kier molecular flexibility index (Phi) is 4.76. The number of aliphatic hydroxyl groups is 1. The van der Waals surface area contributed by atoms with E-state index in [1.54, 1.807) is 0 Å². The van der Waals surface area contributed by atoms with Gasteiger partial charge in [-0.2, -0.15) is 0 Å². The Morgan fingerprint density at radius 3 is 1.96 bits per heavy atom. The minimum absolute atomic E-state index is 0.0358. The van der Waals surface area contributed by atoms with E-state index in [2.05, 4.69) is 66.7 Å². The van der Waals surface area contributed by atoms with Gasteiger partial charge in [-0.15, -0.1) is 0 Å². The van der Waals surface area contributed by atoms with Gasteiger partial charge in [0.2, 0.25) is 0 Å². The van der Waals surface area contributed by atoms with Crippen molar-refractivity contribution in [1.82, 2.24) is 0 Å². The van der Waals surface area contributed by atoms with E-state index in [0.717, 1.165) is 12.0 Å². The van der Waals surface area contributed by atoms with E-state index in [-0.39, 0.29) is 12.6 Å². The molecule has 0 spiro atoms. The van der Waals surface area contributed by atoms with Gasteiger partial charge in [-0.1, -0.05) is 78.9 Å². The van der Waals surface area contributed by atoms with Crippen molar-refractivity contribution < 1.29 is 5.11 Å². The Morgan fingerprint density at radius 2 is 1.35 bits per heavy atom. The third kappa shape index (κ3) is 3.37. The van der Waals surface area contributed by atoms with Crippen LogP contribution < -0.4 is 0 Å². The average Bonchev–Trinajstić information content (AvgIpc) is 2.70. The zero-order valence-electron chi connectivity index (χ0n) is 14.5. The van der Waals surface area contributed by atoms with E-state index >= 15 is 0 Å². The summed E-state index contributed by atoms with van der Waals surface area (Å²) in [7, 11) is 0. The number of hydrogen-bond donors (Lipinski definition) is 1. The third-order valence-electron chi connectivity index (χ3n) is 4.75. The first-order valence-electron chi connectivity index (χ1n) is 8.93. The van der Waals surface area contributed by atoms with Crippen LogP contribution in [0, 0.1) is 0 Å². The number of hydrogen-bond acceptors (Lipinski definition) is 2. The van der Waals surface area contributed by atoms with Gasteiger partial charge in [0, 0.05) is 11.8 Å². The highest BCUT2D eigenvalue weighted by atomic mass is 16.3. The summed E-state index contributed by atoms with van der Waals surface area (Å²) in [5.41, 5.74) is 2.30. The van der Waals surface area contributed by atoms with Gasteiger partial charge >= 0.3 is 0 Å². The molecule has 0 bridgehead atoms. The summed E-state index contributed by atoms with van der Waals surface area (Å²) in [6, 6.07) is 29.0.